The van der Waals surface area contributed by atoms with Crippen molar-refractivity contribution >= 4 is 4.16 Å². The minimum atomic E-state index is 0.290. The molecule has 0 amide bonds. The van der Waals surface area contributed by atoms with Gasteiger partial charge in [-0.3, -0.25) is 0 Å². The zero-order valence-corrected chi connectivity index (χ0v) is 10.5. The number of allylic oxidation sites excluding steroid dienone is 4. The van der Waals surface area contributed by atoms with Crippen LogP contribution in [0.25, 0.3) is 0 Å². The Morgan fingerprint density at radius 2 is 1.67 bits per heavy atom. The zero-order valence-electron chi connectivity index (χ0n) is 8.80. The van der Waals surface area contributed by atoms with Gasteiger partial charge in [-0.2, -0.15) is 0 Å². The topological polar surface area (TPSA) is 0 Å². The Balaban J connectivity index is 1.99. The molecule has 1 aromatic rings. The monoisotopic (exact) mass is 286 g/mol. The number of rotatable bonds is 2. The van der Waals surface area contributed by atoms with Gasteiger partial charge in [0.2, 0.25) is 0 Å². The van der Waals surface area contributed by atoms with E-state index in [1.807, 2.05) is 0 Å². The van der Waals surface area contributed by atoms with Crippen LogP contribution in [0.4, 0.5) is 0 Å². The fourth-order valence-electron chi connectivity index (χ4n) is 1.57. The fraction of sp³-hybridized carbons (Fsp3) is 0.286. The van der Waals surface area contributed by atoms with Crippen LogP contribution in [-0.2, 0) is 17.1 Å². The summed E-state index contributed by atoms with van der Waals surface area (Å²) in [4.78, 5) is 0. The van der Waals surface area contributed by atoms with Crippen LogP contribution in [0.1, 0.15) is 25.7 Å². The van der Waals surface area contributed by atoms with Crippen LogP contribution < -0.4 is 4.16 Å². The molecule has 0 N–H and O–H groups in total. The molecule has 0 atom stereocenters. The summed E-state index contributed by atoms with van der Waals surface area (Å²) < 4.78 is 3.22. The van der Waals surface area contributed by atoms with E-state index in [-0.39, 0.29) is 0 Å². The van der Waals surface area contributed by atoms with Crippen LogP contribution >= 0.6 is 0 Å². The molecule has 0 heterocycles. The van der Waals surface area contributed by atoms with E-state index in [1.165, 1.54) is 29.8 Å². The van der Waals surface area contributed by atoms with Gasteiger partial charge in [0.05, 0.1) is 0 Å². The van der Waals surface area contributed by atoms with E-state index >= 15 is 0 Å². The van der Waals surface area contributed by atoms with Crippen molar-refractivity contribution in [3.63, 3.8) is 0 Å². The number of hydrogen-bond donors (Lipinski definition) is 0. The van der Waals surface area contributed by atoms with Crippen molar-refractivity contribution in [2.45, 2.75) is 25.7 Å². The summed E-state index contributed by atoms with van der Waals surface area (Å²) in [5, 5.41) is 0. The molecular formula is C14H16Ru. The van der Waals surface area contributed by atoms with E-state index in [0.717, 1.165) is 0 Å². The maximum absolute atomic E-state index is 2.47. The Kier molecular flexibility index (Phi) is 4.35. The second-order valence-corrected chi connectivity index (χ2v) is 6.15. The molecule has 1 aliphatic carbocycles. The Bertz CT molecular complexity index is 349. The average Bonchev–Trinajstić information content (AvgIpc) is 2.23. The van der Waals surface area contributed by atoms with Gasteiger partial charge in [-0.25, -0.2) is 0 Å². The Labute approximate surface area is 99.7 Å². The summed E-state index contributed by atoms with van der Waals surface area (Å²) in [5.41, 5.74) is 0. The van der Waals surface area contributed by atoms with Crippen molar-refractivity contribution in [2.75, 3.05) is 0 Å². The van der Waals surface area contributed by atoms with Crippen molar-refractivity contribution in [2.24, 2.45) is 0 Å². The molecule has 1 aliphatic rings. The van der Waals surface area contributed by atoms with Crippen molar-refractivity contribution in [1.82, 2.24) is 0 Å². The van der Waals surface area contributed by atoms with E-state index in [9.17, 15) is 0 Å². The first-order valence-electron chi connectivity index (χ1n) is 5.46. The van der Waals surface area contributed by atoms with Gasteiger partial charge in [0.15, 0.2) is 0 Å². The maximum atomic E-state index is 2.47. The Morgan fingerprint density at radius 1 is 0.867 bits per heavy atom. The van der Waals surface area contributed by atoms with E-state index in [4.69, 9.17) is 0 Å². The van der Waals surface area contributed by atoms with Crippen molar-refractivity contribution < 1.29 is 17.1 Å². The molecule has 0 radical (unpaired) electrons. The molecule has 1 aromatic carbocycles. The molecule has 0 fully saturated rings. The second kappa shape index (κ2) is 6.03. The van der Waals surface area contributed by atoms with Gasteiger partial charge < -0.3 is 0 Å². The van der Waals surface area contributed by atoms with Gasteiger partial charge >= 0.3 is 99.7 Å². The van der Waals surface area contributed by atoms with Crippen LogP contribution in [0.3, 0.4) is 0 Å². The first-order chi connectivity index (χ1) is 7.45. The van der Waals surface area contributed by atoms with Crippen molar-refractivity contribution in [3.05, 3.63) is 52.7 Å². The van der Waals surface area contributed by atoms with Gasteiger partial charge in [-0.1, -0.05) is 0 Å². The van der Waals surface area contributed by atoms with E-state index in [2.05, 4.69) is 48.6 Å². The molecule has 1 heteroatoms. The summed E-state index contributed by atoms with van der Waals surface area (Å²) in [7, 11) is 0. The third-order valence-corrected chi connectivity index (χ3v) is 4.77. The Morgan fingerprint density at radius 3 is 2.53 bits per heavy atom. The third kappa shape index (κ3) is 3.76. The molecule has 0 bridgehead atoms. The minimum absolute atomic E-state index is 0.290. The second-order valence-electron chi connectivity index (χ2n) is 3.59. The molecular weight excluding hydrogens is 269 g/mol. The molecule has 2 rings (SSSR count). The standard InChI is InChI=1S/C8H11.C6H5.Ru/c1-2-4-6-8-7-5-3-1;1-2-4-6-5-3-1;/h1-2,7H,3-6H2;1-5H;. The number of benzene rings is 1. The summed E-state index contributed by atoms with van der Waals surface area (Å²) in [5.74, 6) is 0. The average molecular weight is 285 g/mol. The summed E-state index contributed by atoms with van der Waals surface area (Å²) >= 11 is 0.290. The first-order valence-corrected chi connectivity index (χ1v) is 7.20. The van der Waals surface area contributed by atoms with Crippen LogP contribution in [0.15, 0.2) is 52.7 Å². The molecule has 0 aliphatic heterocycles. The molecule has 0 saturated carbocycles. The summed E-state index contributed by atoms with van der Waals surface area (Å²) in [6, 6.07) is 10.9. The van der Waals surface area contributed by atoms with Crippen LogP contribution in [0, 0.1) is 0 Å². The predicted molar refractivity (Wildman–Crippen MR) is 61.8 cm³/mol. The van der Waals surface area contributed by atoms with Crippen molar-refractivity contribution in [3.8, 4) is 0 Å². The molecule has 80 valence electrons. The van der Waals surface area contributed by atoms with E-state index in [0.29, 0.717) is 17.1 Å². The van der Waals surface area contributed by atoms with Crippen molar-refractivity contribution in [1.29, 1.82) is 0 Å². The van der Waals surface area contributed by atoms with Gasteiger partial charge in [0.25, 0.3) is 0 Å². The zero-order chi connectivity index (χ0) is 10.3. The van der Waals surface area contributed by atoms with Gasteiger partial charge in [-0.15, -0.1) is 0 Å². The quantitative estimate of drug-likeness (QED) is 0.577. The van der Waals surface area contributed by atoms with Crippen LogP contribution in [-0.4, -0.2) is 0 Å². The predicted octanol–water partition coefficient (Wildman–Crippen LogP) is 3.41. The van der Waals surface area contributed by atoms with E-state index in [1.54, 1.807) is 4.17 Å². The number of hydrogen-bond acceptors (Lipinski definition) is 0. The SMILES string of the molecule is C1=CCC[C]([Ru][c]2ccccc2)=CCC1. The fourth-order valence-corrected chi connectivity index (χ4v) is 3.73. The van der Waals surface area contributed by atoms with Gasteiger partial charge in [0.1, 0.15) is 0 Å². The first kappa shape index (κ1) is 10.8. The molecule has 15 heavy (non-hydrogen) atoms. The summed E-state index contributed by atoms with van der Waals surface area (Å²) in [6.07, 6.45) is 12.1. The van der Waals surface area contributed by atoms with Crippen LogP contribution in [0.2, 0.25) is 0 Å². The molecule has 0 nitrogen and oxygen atoms in total. The molecule has 0 unspecified atom stereocenters. The molecule has 0 saturated heterocycles. The van der Waals surface area contributed by atoms with Gasteiger partial charge in [0, 0.05) is 0 Å². The van der Waals surface area contributed by atoms with Crippen LogP contribution in [0.5, 0.6) is 0 Å². The normalized spacial score (nSPS) is 16.9. The molecule has 0 spiro atoms. The Hall–Kier alpha value is -0.677. The van der Waals surface area contributed by atoms with E-state index < -0.39 is 0 Å². The third-order valence-electron chi connectivity index (χ3n) is 2.35. The van der Waals surface area contributed by atoms with Gasteiger partial charge in [-0.05, 0) is 0 Å². The molecule has 0 aromatic heterocycles. The summed E-state index contributed by atoms with van der Waals surface area (Å²) in [6.45, 7) is 0.